The monoisotopic (exact) mass is 580 g/mol. The van der Waals surface area contributed by atoms with Crippen molar-refractivity contribution in [1.82, 2.24) is 0 Å². The number of aliphatic hydroxyl groups excluding tert-OH is 1. The molecule has 0 radical (unpaired) electrons. The van der Waals surface area contributed by atoms with Gasteiger partial charge in [-0.25, -0.2) is 4.79 Å². The van der Waals surface area contributed by atoms with Crippen LogP contribution in [-0.2, 0) is 25.6 Å². The zero-order valence-electron chi connectivity index (χ0n) is 22.9. The van der Waals surface area contributed by atoms with Crippen molar-refractivity contribution in [2.45, 2.75) is 128 Å². The molecule has 210 valence electrons. The Morgan fingerprint density at radius 1 is 0.811 bits per heavy atom. The summed E-state index contributed by atoms with van der Waals surface area (Å²) in [6.07, 6.45) is 19.3. The highest BCUT2D eigenvalue weighted by atomic mass is 79.9. The molecular weight excluding hydrogens is 532 g/mol. The Balaban J connectivity index is 1.56. The molecule has 0 saturated carbocycles. The highest BCUT2D eigenvalue weighted by molar-refractivity contribution is 9.09. The maximum Gasteiger partial charge on any atom is 0.378 e. The van der Waals surface area contributed by atoms with Gasteiger partial charge in [-0.05, 0) is 12.0 Å². The molecule has 1 aromatic carbocycles. The van der Waals surface area contributed by atoms with Crippen molar-refractivity contribution >= 4 is 21.9 Å². The minimum atomic E-state index is -0.897. The predicted octanol–water partition coefficient (Wildman–Crippen LogP) is 8.37. The Kier molecular flexibility index (Phi) is 17.5. The first kappa shape index (κ1) is 31.7. The second-order valence-electron chi connectivity index (χ2n) is 10.2. The van der Waals surface area contributed by atoms with Gasteiger partial charge in [0.25, 0.3) is 0 Å². The van der Waals surface area contributed by atoms with E-state index in [1.54, 1.807) is 0 Å². The molecule has 1 aromatic rings. The quantitative estimate of drug-likeness (QED) is 0.0799. The van der Waals surface area contributed by atoms with E-state index in [4.69, 9.17) is 14.2 Å². The third kappa shape index (κ3) is 13.2. The van der Waals surface area contributed by atoms with Gasteiger partial charge in [-0.15, -0.1) is 0 Å². The molecule has 2 atom stereocenters. The minimum Gasteiger partial charge on any atom is -0.485 e. The van der Waals surface area contributed by atoms with Crippen molar-refractivity contribution in [2.75, 3.05) is 11.9 Å². The third-order valence-electron chi connectivity index (χ3n) is 6.89. The summed E-state index contributed by atoms with van der Waals surface area (Å²) in [6, 6.07) is 9.71. The van der Waals surface area contributed by atoms with E-state index in [1.165, 1.54) is 89.9 Å². The number of halogens is 1. The smallest absolute Gasteiger partial charge is 0.378 e. The van der Waals surface area contributed by atoms with Crippen LogP contribution in [0.1, 0.15) is 115 Å². The van der Waals surface area contributed by atoms with Crippen molar-refractivity contribution in [1.29, 1.82) is 0 Å². The van der Waals surface area contributed by atoms with Crippen LogP contribution < -0.4 is 0 Å². The van der Waals surface area contributed by atoms with Gasteiger partial charge in [-0.2, -0.15) is 0 Å². The van der Waals surface area contributed by atoms with Gasteiger partial charge in [0.15, 0.2) is 11.9 Å². The highest BCUT2D eigenvalue weighted by Gasteiger charge is 2.41. The van der Waals surface area contributed by atoms with Gasteiger partial charge in [-0.3, -0.25) is 0 Å². The van der Waals surface area contributed by atoms with E-state index in [0.717, 1.165) is 18.4 Å². The summed E-state index contributed by atoms with van der Waals surface area (Å²) in [5.41, 5.74) is 0.971. The maximum absolute atomic E-state index is 12.4. The molecule has 1 N–H and O–H groups in total. The van der Waals surface area contributed by atoms with Gasteiger partial charge in [0.1, 0.15) is 12.7 Å². The lowest BCUT2D eigenvalue weighted by Gasteiger charge is -2.18. The molecule has 0 amide bonds. The average Bonchev–Trinajstić information content (AvgIpc) is 3.24. The molecule has 0 saturated heterocycles. The van der Waals surface area contributed by atoms with Crippen LogP contribution >= 0.6 is 15.9 Å². The molecule has 5 nitrogen and oxygen atoms in total. The summed E-state index contributed by atoms with van der Waals surface area (Å²) in [4.78, 5) is 12.4. The fourth-order valence-electron chi connectivity index (χ4n) is 4.62. The Morgan fingerprint density at radius 3 is 1.84 bits per heavy atom. The zero-order valence-corrected chi connectivity index (χ0v) is 24.5. The number of carbonyl (C=O) groups is 1. The van der Waals surface area contributed by atoms with E-state index in [9.17, 15) is 9.90 Å². The number of alkyl halides is 1. The van der Waals surface area contributed by atoms with E-state index in [1.807, 2.05) is 30.3 Å². The standard InChI is InChI=1S/C31H49BrO5/c1-2-3-4-5-6-7-8-9-10-11-12-13-14-15-16-20-23-35-30-29(28(27(33)24-32)37-31(30)34)36-25-26-21-18-17-19-22-26/h17-19,21-22,27-28,33H,2-16,20,23-25H2,1H3/t27-,28+/m0/s1. The largest absolute Gasteiger partial charge is 0.485 e. The molecule has 0 unspecified atom stereocenters. The lowest BCUT2D eigenvalue weighted by molar-refractivity contribution is -0.147. The van der Waals surface area contributed by atoms with Gasteiger partial charge in [-0.1, -0.05) is 149 Å². The molecule has 1 aliphatic rings. The minimum absolute atomic E-state index is 0.0990. The number of esters is 1. The molecule has 1 heterocycles. The number of hydrogen-bond donors (Lipinski definition) is 1. The number of cyclic esters (lactones) is 1. The topological polar surface area (TPSA) is 65.0 Å². The Hall–Kier alpha value is -1.53. The molecule has 0 bridgehead atoms. The summed E-state index contributed by atoms with van der Waals surface area (Å²) in [5, 5.41) is 10.6. The number of carbonyl (C=O) groups excluding carboxylic acids is 1. The number of rotatable bonds is 23. The Morgan fingerprint density at radius 2 is 1.32 bits per heavy atom. The van der Waals surface area contributed by atoms with Crippen molar-refractivity contribution in [2.24, 2.45) is 0 Å². The molecular formula is C31H49BrO5. The summed E-state index contributed by atoms with van der Waals surface area (Å²) >= 11 is 3.25. The first-order valence-electron chi connectivity index (χ1n) is 14.7. The lowest BCUT2D eigenvalue weighted by atomic mass is 10.0. The van der Waals surface area contributed by atoms with Gasteiger partial charge < -0.3 is 19.3 Å². The fourth-order valence-corrected chi connectivity index (χ4v) is 4.96. The molecule has 1 aliphatic heterocycles. The van der Waals surface area contributed by atoms with Gasteiger partial charge in [0, 0.05) is 5.33 Å². The van der Waals surface area contributed by atoms with Crippen LogP contribution in [0.4, 0.5) is 0 Å². The first-order chi connectivity index (χ1) is 18.2. The summed E-state index contributed by atoms with van der Waals surface area (Å²) in [7, 11) is 0. The summed E-state index contributed by atoms with van der Waals surface area (Å²) in [6.45, 7) is 3.00. The van der Waals surface area contributed by atoms with Crippen LogP contribution in [-0.4, -0.2) is 35.2 Å². The average molecular weight is 582 g/mol. The summed E-state index contributed by atoms with van der Waals surface area (Å²) < 4.78 is 17.1. The molecule has 0 fully saturated rings. The molecule has 0 spiro atoms. The van der Waals surface area contributed by atoms with Crippen molar-refractivity contribution in [3.05, 3.63) is 47.4 Å². The first-order valence-corrected chi connectivity index (χ1v) is 15.8. The Labute approximate surface area is 233 Å². The van der Waals surface area contributed by atoms with Crippen LogP contribution in [0.25, 0.3) is 0 Å². The van der Waals surface area contributed by atoms with Crippen LogP contribution in [0.2, 0.25) is 0 Å². The Bertz CT molecular complexity index is 751. The normalized spacial score (nSPS) is 16.2. The predicted molar refractivity (Wildman–Crippen MR) is 153 cm³/mol. The molecule has 0 aliphatic carbocycles. The number of hydrogen-bond acceptors (Lipinski definition) is 5. The molecule has 2 rings (SSSR count). The third-order valence-corrected chi connectivity index (χ3v) is 7.55. The van der Waals surface area contributed by atoms with Crippen molar-refractivity contribution < 1.29 is 24.1 Å². The van der Waals surface area contributed by atoms with Crippen molar-refractivity contribution in [3.8, 4) is 0 Å². The van der Waals surface area contributed by atoms with Crippen LogP contribution in [0.5, 0.6) is 0 Å². The second kappa shape index (κ2) is 20.4. The van der Waals surface area contributed by atoms with Crippen LogP contribution in [0.15, 0.2) is 41.9 Å². The van der Waals surface area contributed by atoms with E-state index >= 15 is 0 Å². The van der Waals surface area contributed by atoms with Crippen molar-refractivity contribution in [3.63, 3.8) is 0 Å². The zero-order chi connectivity index (χ0) is 26.6. The van der Waals surface area contributed by atoms with E-state index in [0.29, 0.717) is 6.61 Å². The van der Waals surface area contributed by atoms with Gasteiger partial charge >= 0.3 is 5.97 Å². The number of aliphatic hydroxyl groups is 1. The fraction of sp³-hybridized carbons (Fsp3) is 0.710. The summed E-state index contributed by atoms with van der Waals surface area (Å²) in [5.74, 6) is -0.177. The highest BCUT2D eigenvalue weighted by Crippen LogP contribution is 2.29. The number of benzene rings is 1. The van der Waals surface area contributed by atoms with Gasteiger partial charge in [0.2, 0.25) is 5.76 Å². The molecule has 6 heteroatoms. The van der Waals surface area contributed by atoms with E-state index in [-0.39, 0.29) is 23.5 Å². The number of ether oxygens (including phenoxy) is 3. The maximum atomic E-state index is 12.4. The molecule has 0 aromatic heterocycles. The van der Waals surface area contributed by atoms with E-state index in [2.05, 4.69) is 22.9 Å². The van der Waals surface area contributed by atoms with Gasteiger partial charge in [0.05, 0.1) is 6.61 Å². The number of unbranched alkanes of at least 4 members (excludes halogenated alkanes) is 15. The van der Waals surface area contributed by atoms with E-state index < -0.39 is 18.2 Å². The lowest BCUT2D eigenvalue weighted by Crippen LogP contribution is -2.30. The van der Waals surface area contributed by atoms with Crippen LogP contribution in [0.3, 0.4) is 0 Å². The van der Waals surface area contributed by atoms with Crippen LogP contribution in [0, 0.1) is 0 Å². The molecule has 37 heavy (non-hydrogen) atoms. The second-order valence-corrected chi connectivity index (χ2v) is 10.8. The SMILES string of the molecule is CCCCCCCCCCCCCCCCCCOC1=C(OCc2ccccc2)[C@@H]([C@@H](O)CBr)OC1=O.